The lowest BCUT2D eigenvalue weighted by Gasteiger charge is -2.19. The van der Waals surface area contributed by atoms with Crippen molar-refractivity contribution in [2.75, 3.05) is 6.54 Å². The van der Waals surface area contributed by atoms with Crippen LogP contribution in [0.2, 0.25) is 0 Å². The molecule has 0 fully saturated rings. The maximum Gasteiger partial charge on any atom is 0.130 e. The van der Waals surface area contributed by atoms with E-state index >= 15 is 0 Å². The van der Waals surface area contributed by atoms with E-state index in [2.05, 4.69) is 10.3 Å². The Morgan fingerprint density at radius 1 is 1.15 bits per heavy atom. The van der Waals surface area contributed by atoms with E-state index in [-0.39, 0.29) is 11.6 Å². The summed E-state index contributed by atoms with van der Waals surface area (Å²) in [7, 11) is 0. The number of benzene rings is 1. The maximum absolute atomic E-state index is 13.9. The monoisotopic (exact) mass is 276 g/mol. The molecule has 0 aliphatic carbocycles. The molecule has 0 aliphatic heterocycles. The van der Waals surface area contributed by atoms with Gasteiger partial charge < -0.3 is 5.32 Å². The van der Waals surface area contributed by atoms with Crippen molar-refractivity contribution in [3.8, 4) is 0 Å². The zero-order valence-corrected chi connectivity index (χ0v) is 11.4. The smallest absolute Gasteiger partial charge is 0.130 e. The van der Waals surface area contributed by atoms with Crippen molar-refractivity contribution in [2.45, 2.75) is 25.8 Å². The molecule has 1 atom stereocenters. The minimum absolute atomic E-state index is 0.123. The fraction of sp³-hybridized carbons (Fsp3) is 0.312. The largest absolute Gasteiger partial charge is 0.310 e. The van der Waals surface area contributed by atoms with E-state index in [9.17, 15) is 8.78 Å². The van der Waals surface area contributed by atoms with Gasteiger partial charge >= 0.3 is 0 Å². The molecule has 1 unspecified atom stereocenters. The molecule has 1 heterocycles. The van der Waals surface area contributed by atoms with Gasteiger partial charge in [-0.1, -0.05) is 19.1 Å². The van der Waals surface area contributed by atoms with E-state index in [1.165, 1.54) is 18.2 Å². The lowest BCUT2D eigenvalue weighted by atomic mass is 9.98. The first-order valence-electron chi connectivity index (χ1n) is 6.78. The fourth-order valence-electron chi connectivity index (χ4n) is 2.30. The minimum Gasteiger partial charge on any atom is -0.310 e. The van der Waals surface area contributed by atoms with E-state index in [4.69, 9.17) is 0 Å². The topological polar surface area (TPSA) is 24.9 Å². The lowest BCUT2D eigenvalue weighted by molar-refractivity contribution is 0.454. The van der Waals surface area contributed by atoms with Crippen LogP contribution in [-0.2, 0) is 6.42 Å². The molecule has 0 saturated heterocycles. The van der Waals surface area contributed by atoms with E-state index in [1.807, 2.05) is 19.1 Å². The van der Waals surface area contributed by atoms with Gasteiger partial charge in [-0.25, -0.2) is 8.78 Å². The SMILES string of the molecule is CCNC(CCc1cccnc1)c1c(F)cccc1F. The quantitative estimate of drug-likeness (QED) is 0.871. The lowest BCUT2D eigenvalue weighted by Crippen LogP contribution is -2.23. The van der Waals surface area contributed by atoms with Crippen LogP contribution in [-0.4, -0.2) is 11.5 Å². The first-order valence-corrected chi connectivity index (χ1v) is 6.78. The van der Waals surface area contributed by atoms with Crippen LogP contribution >= 0.6 is 0 Å². The maximum atomic E-state index is 13.9. The summed E-state index contributed by atoms with van der Waals surface area (Å²) in [4.78, 5) is 4.05. The summed E-state index contributed by atoms with van der Waals surface area (Å²) in [6.45, 7) is 2.58. The second-order valence-electron chi connectivity index (χ2n) is 4.65. The summed E-state index contributed by atoms with van der Waals surface area (Å²) in [5, 5.41) is 3.15. The second-order valence-corrected chi connectivity index (χ2v) is 4.65. The van der Waals surface area contributed by atoms with Gasteiger partial charge in [0, 0.05) is 24.0 Å². The van der Waals surface area contributed by atoms with Crippen LogP contribution < -0.4 is 5.32 Å². The Kier molecular flexibility index (Phi) is 5.18. The number of halogens is 2. The highest BCUT2D eigenvalue weighted by Crippen LogP contribution is 2.24. The third-order valence-corrected chi connectivity index (χ3v) is 3.24. The molecule has 106 valence electrons. The second kappa shape index (κ2) is 7.10. The van der Waals surface area contributed by atoms with Crippen LogP contribution in [0.3, 0.4) is 0 Å². The van der Waals surface area contributed by atoms with Gasteiger partial charge in [0.2, 0.25) is 0 Å². The predicted molar refractivity (Wildman–Crippen MR) is 75.3 cm³/mol. The summed E-state index contributed by atoms with van der Waals surface area (Å²) in [5.74, 6) is -0.996. The molecule has 0 saturated carbocycles. The van der Waals surface area contributed by atoms with Crippen molar-refractivity contribution in [1.82, 2.24) is 10.3 Å². The molecule has 0 bridgehead atoms. The Morgan fingerprint density at radius 3 is 2.50 bits per heavy atom. The van der Waals surface area contributed by atoms with Crippen LogP contribution in [0, 0.1) is 11.6 Å². The molecule has 1 aromatic carbocycles. The molecule has 2 rings (SSSR count). The summed E-state index contributed by atoms with van der Waals surface area (Å²) >= 11 is 0. The summed E-state index contributed by atoms with van der Waals surface area (Å²) in [5.41, 5.74) is 1.19. The molecule has 0 aliphatic rings. The average Bonchev–Trinajstić information content (AvgIpc) is 2.45. The van der Waals surface area contributed by atoms with Crippen LogP contribution in [0.25, 0.3) is 0 Å². The molecule has 1 N–H and O–H groups in total. The van der Waals surface area contributed by atoms with Crippen molar-refractivity contribution in [3.63, 3.8) is 0 Å². The third-order valence-electron chi connectivity index (χ3n) is 3.24. The molecule has 2 aromatic rings. The number of nitrogens with one attached hydrogen (secondary N) is 1. The van der Waals surface area contributed by atoms with Gasteiger partial charge in [0.1, 0.15) is 11.6 Å². The normalized spacial score (nSPS) is 12.3. The molecule has 1 aromatic heterocycles. The van der Waals surface area contributed by atoms with Crippen molar-refractivity contribution in [1.29, 1.82) is 0 Å². The van der Waals surface area contributed by atoms with Crippen LogP contribution in [0.4, 0.5) is 8.78 Å². The van der Waals surface area contributed by atoms with Gasteiger partial charge in [-0.05, 0) is 43.1 Å². The summed E-state index contributed by atoms with van der Waals surface area (Å²) in [6, 6.07) is 7.48. The predicted octanol–water partition coefficient (Wildman–Crippen LogP) is 3.64. The number of nitrogens with zero attached hydrogens (tertiary/aromatic N) is 1. The van der Waals surface area contributed by atoms with E-state index in [0.717, 1.165) is 12.0 Å². The Hall–Kier alpha value is -1.81. The zero-order valence-electron chi connectivity index (χ0n) is 11.4. The Balaban J connectivity index is 2.15. The number of hydrogen-bond acceptors (Lipinski definition) is 2. The first-order chi connectivity index (χ1) is 9.72. The van der Waals surface area contributed by atoms with E-state index in [0.29, 0.717) is 13.0 Å². The highest BCUT2D eigenvalue weighted by Gasteiger charge is 2.19. The average molecular weight is 276 g/mol. The summed E-state index contributed by atoms with van der Waals surface area (Å²) in [6.07, 6.45) is 4.83. The third kappa shape index (κ3) is 3.61. The number of aryl methyl sites for hydroxylation is 1. The molecule has 4 heteroatoms. The van der Waals surface area contributed by atoms with Gasteiger partial charge in [-0.15, -0.1) is 0 Å². The Morgan fingerprint density at radius 2 is 1.90 bits per heavy atom. The first kappa shape index (κ1) is 14.6. The van der Waals surface area contributed by atoms with Gasteiger partial charge in [0.25, 0.3) is 0 Å². The zero-order chi connectivity index (χ0) is 14.4. The number of aromatic nitrogens is 1. The fourth-order valence-corrected chi connectivity index (χ4v) is 2.30. The highest BCUT2D eigenvalue weighted by molar-refractivity contribution is 5.24. The molecule has 0 amide bonds. The van der Waals surface area contributed by atoms with Crippen LogP contribution in [0.15, 0.2) is 42.7 Å². The molecular weight excluding hydrogens is 258 g/mol. The van der Waals surface area contributed by atoms with E-state index in [1.54, 1.807) is 12.4 Å². The molecule has 20 heavy (non-hydrogen) atoms. The van der Waals surface area contributed by atoms with Crippen LogP contribution in [0.5, 0.6) is 0 Å². The molecule has 0 radical (unpaired) electrons. The van der Waals surface area contributed by atoms with E-state index < -0.39 is 11.6 Å². The van der Waals surface area contributed by atoms with Gasteiger partial charge in [0.05, 0.1) is 0 Å². The van der Waals surface area contributed by atoms with Gasteiger partial charge in [-0.2, -0.15) is 0 Å². The number of hydrogen-bond donors (Lipinski definition) is 1. The van der Waals surface area contributed by atoms with Gasteiger partial charge in [-0.3, -0.25) is 4.98 Å². The van der Waals surface area contributed by atoms with Crippen molar-refractivity contribution in [3.05, 3.63) is 65.5 Å². The molecule has 2 nitrogen and oxygen atoms in total. The number of rotatable bonds is 6. The molecule has 0 spiro atoms. The van der Waals surface area contributed by atoms with Crippen molar-refractivity contribution in [2.24, 2.45) is 0 Å². The standard InChI is InChI=1S/C16H18F2N2/c1-2-20-15(9-8-12-5-4-10-19-11-12)16-13(17)6-3-7-14(16)18/h3-7,10-11,15,20H,2,8-9H2,1H3. The van der Waals surface area contributed by atoms with Crippen LogP contribution in [0.1, 0.15) is 30.5 Å². The molecular formula is C16H18F2N2. The van der Waals surface area contributed by atoms with Crippen molar-refractivity contribution < 1.29 is 8.78 Å². The summed E-state index contributed by atoms with van der Waals surface area (Å²) < 4.78 is 27.7. The minimum atomic E-state index is -0.498. The van der Waals surface area contributed by atoms with Gasteiger partial charge in [0.15, 0.2) is 0 Å². The Bertz CT molecular complexity index is 523. The highest BCUT2D eigenvalue weighted by atomic mass is 19.1. The number of pyridine rings is 1. The van der Waals surface area contributed by atoms with Crippen molar-refractivity contribution >= 4 is 0 Å². The Labute approximate surface area is 117 Å².